The highest BCUT2D eigenvalue weighted by molar-refractivity contribution is 8.00. The molecule has 2 atom stereocenters. The van der Waals surface area contributed by atoms with Crippen molar-refractivity contribution in [1.82, 2.24) is 9.78 Å². The van der Waals surface area contributed by atoms with Crippen LogP contribution in [0.4, 0.5) is 5.82 Å². The van der Waals surface area contributed by atoms with Crippen molar-refractivity contribution in [1.29, 1.82) is 0 Å². The van der Waals surface area contributed by atoms with Gasteiger partial charge in [0.15, 0.2) is 0 Å². The molecular weight excluding hydrogens is 374 g/mol. The molecule has 1 aliphatic heterocycles. The molecule has 0 radical (unpaired) electrons. The lowest BCUT2D eigenvalue weighted by Gasteiger charge is -2.17. The normalized spacial score (nSPS) is 17.5. The van der Waals surface area contributed by atoms with Crippen LogP contribution >= 0.6 is 11.8 Å². The maximum absolute atomic E-state index is 12.8. The second kappa shape index (κ2) is 9.37. The van der Waals surface area contributed by atoms with E-state index in [-0.39, 0.29) is 22.8 Å². The highest BCUT2D eigenvalue weighted by Gasteiger charge is 2.31. The molecule has 7 heteroatoms. The third kappa shape index (κ3) is 4.46. The molecule has 0 fully saturated rings. The second-order valence-electron chi connectivity index (χ2n) is 7.22. The van der Waals surface area contributed by atoms with Gasteiger partial charge in [0.05, 0.1) is 23.2 Å². The van der Waals surface area contributed by atoms with Crippen LogP contribution in [0.3, 0.4) is 0 Å². The number of amides is 1. The summed E-state index contributed by atoms with van der Waals surface area (Å²) >= 11 is 1.48. The number of carbonyl (C=O) groups is 1. The number of hydrogen-bond acceptors (Lipinski definition) is 4. The maximum atomic E-state index is 12.8. The van der Waals surface area contributed by atoms with Crippen molar-refractivity contribution in [3.8, 4) is 5.75 Å². The molecule has 1 aromatic heterocycles. The zero-order valence-corrected chi connectivity index (χ0v) is 17.6. The van der Waals surface area contributed by atoms with E-state index >= 15 is 0 Å². The number of fused-ring (bicyclic) bond motifs is 1. The van der Waals surface area contributed by atoms with Crippen molar-refractivity contribution in [3.05, 3.63) is 45.7 Å². The number of unbranched alkanes of at least 4 members (excludes halogenated alkanes) is 1. The Balaban J connectivity index is 1.93. The fraction of sp³-hybridized carbons (Fsp3) is 0.524. The first-order valence-electron chi connectivity index (χ1n) is 10.0. The van der Waals surface area contributed by atoms with Gasteiger partial charge >= 0.3 is 0 Å². The predicted octanol–water partition coefficient (Wildman–Crippen LogP) is 4.49. The van der Waals surface area contributed by atoms with Crippen LogP contribution in [0.5, 0.6) is 5.75 Å². The lowest BCUT2D eigenvalue weighted by molar-refractivity contribution is -0.113. The summed E-state index contributed by atoms with van der Waals surface area (Å²) in [5.41, 5.74) is 1.48. The minimum Gasteiger partial charge on any atom is -0.494 e. The molecule has 3 rings (SSSR count). The largest absolute Gasteiger partial charge is 0.494 e. The number of carbonyl (C=O) groups excluding carboxylic acids is 1. The fourth-order valence-electron chi connectivity index (χ4n) is 3.46. The van der Waals surface area contributed by atoms with Crippen LogP contribution in [-0.2, 0) is 4.79 Å². The molecule has 2 heterocycles. The zero-order chi connectivity index (χ0) is 20.1. The number of benzene rings is 1. The zero-order valence-electron chi connectivity index (χ0n) is 16.8. The Bertz CT molecular complexity index is 857. The first-order chi connectivity index (χ1) is 13.5. The van der Waals surface area contributed by atoms with E-state index in [4.69, 9.17) is 4.74 Å². The Morgan fingerprint density at radius 2 is 1.96 bits per heavy atom. The van der Waals surface area contributed by atoms with Gasteiger partial charge in [-0.25, -0.2) is 0 Å². The van der Waals surface area contributed by atoms with Crippen LogP contribution in [0.2, 0.25) is 0 Å². The molecule has 1 amide bonds. The molecule has 1 aliphatic rings. The number of hydrogen-bond donors (Lipinski definition) is 2. The molecule has 2 aromatic rings. The minimum absolute atomic E-state index is 0.0790. The molecular formula is C21H29N3O3S. The molecule has 0 spiro atoms. The molecule has 152 valence electrons. The molecule has 0 bridgehead atoms. The number of nitrogens with zero attached hydrogens (tertiary/aromatic N) is 1. The van der Waals surface area contributed by atoms with E-state index in [1.807, 2.05) is 28.9 Å². The molecule has 6 nitrogen and oxygen atoms in total. The number of H-pyrrole nitrogens is 1. The van der Waals surface area contributed by atoms with Crippen molar-refractivity contribution >= 4 is 23.5 Å². The highest BCUT2D eigenvalue weighted by atomic mass is 32.2. The Kier molecular flexibility index (Phi) is 6.88. The van der Waals surface area contributed by atoms with Crippen LogP contribution in [0, 0.1) is 0 Å². The third-order valence-corrected chi connectivity index (χ3v) is 6.23. The Morgan fingerprint density at radius 1 is 1.21 bits per heavy atom. The maximum Gasteiger partial charge on any atom is 0.270 e. The van der Waals surface area contributed by atoms with E-state index in [1.165, 1.54) is 11.8 Å². The summed E-state index contributed by atoms with van der Waals surface area (Å²) in [4.78, 5) is 25.1. The fourth-order valence-corrected chi connectivity index (χ4v) is 4.58. The standard InChI is InChI=1S/C21H29N3O3S/c1-4-6-12-27-16-10-8-15(9-11-16)19-18-20(22-17(25)13-28-19)24(23-21(18)26)14(3)7-5-2/h8-11,14,19H,4-7,12-13H2,1-3H3,(H,22,25)(H,23,26)/t14-,19-/m1/s1. The van der Waals surface area contributed by atoms with Crippen LogP contribution in [0.15, 0.2) is 29.1 Å². The van der Waals surface area contributed by atoms with E-state index in [9.17, 15) is 9.59 Å². The predicted molar refractivity (Wildman–Crippen MR) is 114 cm³/mol. The van der Waals surface area contributed by atoms with Crippen molar-refractivity contribution in [2.24, 2.45) is 0 Å². The van der Waals surface area contributed by atoms with Gasteiger partial charge in [-0.3, -0.25) is 19.4 Å². The van der Waals surface area contributed by atoms with Gasteiger partial charge in [0, 0.05) is 6.04 Å². The second-order valence-corrected chi connectivity index (χ2v) is 8.31. The van der Waals surface area contributed by atoms with Gasteiger partial charge in [-0.15, -0.1) is 11.8 Å². The topological polar surface area (TPSA) is 76.1 Å². The summed E-state index contributed by atoms with van der Waals surface area (Å²) in [5, 5.41) is 5.69. The number of aromatic amines is 1. The highest BCUT2D eigenvalue weighted by Crippen LogP contribution is 2.40. The quantitative estimate of drug-likeness (QED) is 0.637. The summed E-state index contributed by atoms with van der Waals surface area (Å²) in [6.45, 7) is 7.00. The van der Waals surface area contributed by atoms with E-state index < -0.39 is 0 Å². The van der Waals surface area contributed by atoms with Crippen LogP contribution < -0.4 is 15.6 Å². The summed E-state index contributed by atoms with van der Waals surface area (Å²) in [6.07, 6.45) is 4.04. The van der Waals surface area contributed by atoms with E-state index in [0.29, 0.717) is 23.7 Å². The van der Waals surface area contributed by atoms with Crippen molar-refractivity contribution in [2.45, 2.75) is 57.7 Å². The van der Waals surface area contributed by atoms with Gasteiger partial charge in [-0.05, 0) is 37.5 Å². The first kappa shape index (κ1) is 20.6. The minimum atomic E-state index is -0.197. The Labute approximate surface area is 170 Å². The van der Waals surface area contributed by atoms with E-state index in [2.05, 4.69) is 31.2 Å². The lowest BCUT2D eigenvalue weighted by Crippen LogP contribution is -2.18. The van der Waals surface area contributed by atoms with Crippen LogP contribution in [-0.4, -0.2) is 28.0 Å². The molecule has 28 heavy (non-hydrogen) atoms. The summed E-state index contributed by atoms with van der Waals surface area (Å²) in [5.74, 6) is 1.67. The molecule has 2 N–H and O–H groups in total. The molecule has 0 unspecified atom stereocenters. The van der Waals surface area contributed by atoms with Gasteiger partial charge in [0.1, 0.15) is 11.6 Å². The van der Waals surface area contributed by atoms with Crippen LogP contribution in [0.25, 0.3) is 0 Å². The number of aromatic nitrogens is 2. The molecule has 0 saturated carbocycles. The van der Waals surface area contributed by atoms with Gasteiger partial charge in [0.2, 0.25) is 5.91 Å². The molecule has 1 aromatic carbocycles. The monoisotopic (exact) mass is 403 g/mol. The average molecular weight is 404 g/mol. The number of thioether (sulfide) groups is 1. The third-order valence-electron chi connectivity index (χ3n) is 4.96. The number of ether oxygens (including phenoxy) is 1. The van der Waals surface area contributed by atoms with Gasteiger partial charge in [-0.2, -0.15) is 0 Å². The number of rotatable bonds is 8. The lowest BCUT2D eigenvalue weighted by atomic mass is 10.1. The van der Waals surface area contributed by atoms with Crippen molar-refractivity contribution < 1.29 is 9.53 Å². The molecule has 0 saturated heterocycles. The average Bonchev–Trinajstić information content (AvgIpc) is 2.89. The van der Waals surface area contributed by atoms with Gasteiger partial charge < -0.3 is 10.1 Å². The summed E-state index contributed by atoms with van der Waals surface area (Å²) in [7, 11) is 0. The first-order valence-corrected chi connectivity index (χ1v) is 11.1. The number of anilines is 1. The Morgan fingerprint density at radius 3 is 2.64 bits per heavy atom. The summed E-state index contributed by atoms with van der Waals surface area (Å²) in [6, 6.07) is 7.97. The van der Waals surface area contributed by atoms with Crippen LogP contribution in [0.1, 0.15) is 68.9 Å². The van der Waals surface area contributed by atoms with Gasteiger partial charge in [-0.1, -0.05) is 38.8 Å². The van der Waals surface area contributed by atoms with E-state index in [1.54, 1.807) is 0 Å². The Hall–Kier alpha value is -2.15. The smallest absolute Gasteiger partial charge is 0.270 e. The SMILES string of the molecule is CCCCOc1ccc([C@H]2SCC(=O)Nc3c2c(=O)[nH]n3[C@H](C)CCC)cc1. The number of nitrogens with one attached hydrogen (secondary N) is 2. The summed E-state index contributed by atoms with van der Waals surface area (Å²) < 4.78 is 7.56. The van der Waals surface area contributed by atoms with Crippen molar-refractivity contribution in [2.75, 3.05) is 17.7 Å². The van der Waals surface area contributed by atoms with Gasteiger partial charge in [0.25, 0.3) is 5.56 Å². The molecule has 0 aliphatic carbocycles. The van der Waals surface area contributed by atoms with Crippen molar-refractivity contribution in [3.63, 3.8) is 0 Å². The van der Waals surface area contributed by atoms with E-state index in [0.717, 1.165) is 37.0 Å².